The maximum Gasteiger partial charge on any atom is 0.247 e. The third kappa shape index (κ3) is 4.97. The first-order valence-electron chi connectivity index (χ1n) is 11.4. The molecule has 1 amide bonds. The van der Waals surface area contributed by atoms with E-state index in [0.717, 1.165) is 23.4 Å². The number of carbonyl (C=O) groups excluding carboxylic acids is 1. The molecule has 11 nitrogen and oxygen atoms in total. The van der Waals surface area contributed by atoms with Gasteiger partial charge < -0.3 is 26.0 Å². The summed E-state index contributed by atoms with van der Waals surface area (Å²) in [4.78, 5) is 36.5. The van der Waals surface area contributed by atoms with Crippen molar-refractivity contribution in [3.05, 3.63) is 67.8 Å². The highest BCUT2D eigenvalue weighted by Gasteiger charge is 2.22. The summed E-state index contributed by atoms with van der Waals surface area (Å²) in [6.07, 6.45) is 7.95. The second-order valence-electron chi connectivity index (χ2n) is 8.10. The number of aromatic nitrogens is 5. The van der Waals surface area contributed by atoms with Gasteiger partial charge in [-0.3, -0.25) is 14.8 Å². The van der Waals surface area contributed by atoms with Gasteiger partial charge in [-0.25, -0.2) is 15.0 Å². The zero-order valence-electron chi connectivity index (χ0n) is 19.5. The third-order valence-corrected chi connectivity index (χ3v) is 5.75. The number of morpholine rings is 1. The van der Waals surface area contributed by atoms with Crippen molar-refractivity contribution in [1.29, 1.82) is 0 Å². The summed E-state index contributed by atoms with van der Waals surface area (Å²) in [5, 5.41) is 6.75. The van der Waals surface area contributed by atoms with E-state index in [1.165, 1.54) is 6.08 Å². The molecular weight excluding hydrogens is 458 g/mol. The molecule has 5 heterocycles. The summed E-state index contributed by atoms with van der Waals surface area (Å²) in [6.45, 7) is 5.97. The van der Waals surface area contributed by atoms with Crippen LogP contribution in [0, 0.1) is 0 Å². The topological polar surface area (TPSA) is 144 Å². The largest absolute Gasteiger partial charge is 0.377 e. The first kappa shape index (κ1) is 23.3. The summed E-state index contributed by atoms with van der Waals surface area (Å²) in [5.74, 6) is 0.937. The highest BCUT2D eigenvalue weighted by Crippen LogP contribution is 2.27. The van der Waals surface area contributed by atoms with Crippen LogP contribution in [0.1, 0.15) is 0 Å². The van der Waals surface area contributed by atoms with Gasteiger partial charge in [0, 0.05) is 42.8 Å². The van der Waals surface area contributed by atoms with Crippen LogP contribution < -0.4 is 21.3 Å². The first-order valence-corrected chi connectivity index (χ1v) is 11.4. The Labute approximate surface area is 207 Å². The number of pyridine rings is 3. The fourth-order valence-electron chi connectivity index (χ4n) is 3.95. The molecule has 0 aliphatic carbocycles. The smallest absolute Gasteiger partial charge is 0.247 e. The Morgan fingerprint density at radius 3 is 2.83 bits per heavy atom. The number of fused-ring (bicyclic) bond motifs is 1. The van der Waals surface area contributed by atoms with E-state index in [9.17, 15) is 4.79 Å². The van der Waals surface area contributed by atoms with Gasteiger partial charge in [0.2, 0.25) is 11.9 Å². The maximum atomic E-state index is 11.7. The third-order valence-electron chi connectivity index (χ3n) is 5.75. The molecule has 4 aromatic heterocycles. The van der Waals surface area contributed by atoms with Gasteiger partial charge in [0.15, 0.2) is 0 Å². The van der Waals surface area contributed by atoms with Crippen LogP contribution >= 0.6 is 0 Å². The molecule has 1 aliphatic rings. The summed E-state index contributed by atoms with van der Waals surface area (Å²) in [5.41, 5.74) is 8.98. The molecule has 0 spiro atoms. The van der Waals surface area contributed by atoms with E-state index in [1.807, 2.05) is 18.2 Å². The highest BCUT2D eigenvalue weighted by molar-refractivity contribution is 5.99. The number of carbonyl (C=O) groups is 1. The van der Waals surface area contributed by atoms with Crippen molar-refractivity contribution in [2.45, 2.75) is 6.04 Å². The molecule has 1 saturated heterocycles. The number of anilines is 4. The molecule has 0 aromatic carbocycles. The zero-order valence-corrected chi connectivity index (χ0v) is 19.5. The summed E-state index contributed by atoms with van der Waals surface area (Å²) >= 11 is 0. The number of ether oxygens (including phenoxy) is 1. The average molecular weight is 484 g/mol. The van der Waals surface area contributed by atoms with E-state index < -0.39 is 0 Å². The van der Waals surface area contributed by atoms with Crippen molar-refractivity contribution in [3.8, 4) is 11.4 Å². The van der Waals surface area contributed by atoms with Gasteiger partial charge in [0.25, 0.3) is 0 Å². The van der Waals surface area contributed by atoms with Gasteiger partial charge in [-0.1, -0.05) is 6.58 Å². The van der Waals surface area contributed by atoms with Crippen LogP contribution in [0.3, 0.4) is 0 Å². The van der Waals surface area contributed by atoms with E-state index in [4.69, 9.17) is 15.5 Å². The minimum atomic E-state index is -0.307. The molecule has 5 rings (SSSR count). The monoisotopic (exact) mass is 483 g/mol. The van der Waals surface area contributed by atoms with Crippen LogP contribution in [-0.4, -0.2) is 63.2 Å². The van der Waals surface area contributed by atoms with Gasteiger partial charge in [-0.15, -0.1) is 0 Å². The van der Waals surface area contributed by atoms with E-state index in [1.54, 1.807) is 36.9 Å². The molecule has 1 fully saturated rings. The van der Waals surface area contributed by atoms with E-state index in [2.05, 4.69) is 42.0 Å². The highest BCUT2D eigenvalue weighted by atomic mass is 16.5. The molecule has 11 heteroatoms. The summed E-state index contributed by atoms with van der Waals surface area (Å²) < 4.78 is 5.52. The van der Waals surface area contributed by atoms with Gasteiger partial charge in [0.1, 0.15) is 17.0 Å². The van der Waals surface area contributed by atoms with Crippen molar-refractivity contribution in [2.75, 3.05) is 41.8 Å². The Hall–Kier alpha value is -4.48. The van der Waals surface area contributed by atoms with Crippen LogP contribution in [-0.2, 0) is 9.53 Å². The van der Waals surface area contributed by atoms with Gasteiger partial charge >= 0.3 is 0 Å². The Morgan fingerprint density at radius 2 is 2.03 bits per heavy atom. The molecule has 0 saturated carbocycles. The Bertz CT molecular complexity index is 1390. The molecule has 36 heavy (non-hydrogen) atoms. The van der Waals surface area contributed by atoms with E-state index in [-0.39, 0.29) is 11.9 Å². The maximum absolute atomic E-state index is 11.7. The molecular formula is C25H25N9O2. The van der Waals surface area contributed by atoms with Crippen LogP contribution in [0.2, 0.25) is 0 Å². The Kier molecular flexibility index (Phi) is 6.74. The van der Waals surface area contributed by atoms with Gasteiger partial charge in [-0.05, 0) is 36.4 Å². The minimum absolute atomic E-state index is 0.108. The van der Waals surface area contributed by atoms with Crippen molar-refractivity contribution in [2.24, 2.45) is 5.73 Å². The SMILES string of the molecule is C=CC(=O)Nc1ccnc(-c2nccc3cnc(Nc4ccc(N5CCOC[C@H]5CN)nc4)nc23)c1. The second kappa shape index (κ2) is 10.4. The van der Waals surface area contributed by atoms with Crippen LogP contribution in [0.4, 0.5) is 23.1 Å². The van der Waals surface area contributed by atoms with Gasteiger partial charge in [-0.2, -0.15) is 0 Å². The number of nitrogens with one attached hydrogen (secondary N) is 2. The van der Waals surface area contributed by atoms with E-state index in [0.29, 0.717) is 48.3 Å². The lowest BCUT2D eigenvalue weighted by Gasteiger charge is -2.35. The quantitative estimate of drug-likeness (QED) is 0.335. The number of nitrogens with zero attached hydrogens (tertiary/aromatic N) is 6. The minimum Gasteiger partial charge on any atom is -0.377 e. The fourth-order valence-corrected chi connectivity index (χ4v) is 3.95. The molecule has 4 N–H and O–H groups in total. The van der Waals surface area contributed by atoms with Crippen molar-refractivity contribution in [3.63, 3.8) is 0 Å². The normalized spacial score (nSPS) is 15.5. The summed E-state index contributed by atoms with van der Waals surface area (Å²) in [6, 6.07) is 9.24. The predicted octanol–water partition coefficient (Wildman–Crippen LogP) is 2.51. The van der Waals surface area contributed by atoms with Crippen LogP contribution in [0.15, 0.2) is 67.8 Å². The number of rotatable bonds is 7. The molecule has 1 atom stereocenters. The number of nitrogens with two attached hydrogens (primary N) is 1. The molecule has 182 valence electrons. The number of amides is 1. The van der Waals surface area contributed by atoms with Crippen molar-refractivity contribution >= 4 is 40.0 Å². The molecule has 4 aromatic rings. The predicted molar refractivity (Wildman–Crippen MR) is 138 cm³/mol. The lowest BCUT2D eigenvalue weighted by Crippen LogP contribution is -2.49. The lowest BCUT2D eigenvalue weighted by atomic mass is 10.1. The van der Waals surface area contributed by atoms with Gasteiger partial charge in [0.05, 0.1) is 36.8 Å². The lowest BCUT2D eigenvalue weighted by molar-refractivity contribution is -0.111. The van der Waals surface area contributed by atoms with Crippen molar-refractivity contribution in [1.82, 2.24) is 24.9 Å². The molecule has 1 aliphatic heterocycles. The first-order chi connectivity index (χ1) is 17.6. The standard InChI is InChI=1S/C25H25N9O2/c1-2-22(35)31-17-6-8-27-20(11-17)24-23-16(5-7-28-24)13-30-25(33-23)32-18-3-4-21(29-14-18)34-9-10-36-15-19(34)12-26/h2-8,11,13-14,19H,1,9-10,12,15,26H2,(H,27,31,35)(H,30,32,33)/t19-/m1/s1. The molecule has 0 radical (unpaired) electrons. The van der Waals surface area contributed by atoms with Crippen molar-refractivity contribution < 1.29 is 9.53 Å². The number of hydrogen-bond acceptors (Lipinski definition) is 10. The number of hydrogen-bond donors (Lipinski definition) is 3. The molecule has 0 bridgehead atoms. The summed E-state index contributed by atoms with van der Waals surface area (Å²) in [7, 11) is 0. The molecule has 0 unspecified atom stereocenters. The van der Waals surface area contributed by atoms with E-state index >= 15 is 0 Å². The Balaban J connectivity index is 1.40. The average Bonchev–Trinajstić information content (AvgIpc) is 2.93. The van der Waals surface area contributed by atoms with Crippen LogP contribution in [0.5, 0.6) is 0 Å². The second-order valence-corrected chi connectivity index (χ2v) is 8.10. The Morgan fingerprint density at radius 1 is 1.14 bits per heavy atom. The zero-order chi connectivity index (χ0) is 24.9. The fraction of sp³-hybridized carbons (Fsp3) is 0.200. The van der Waals surface area contributed by atoms with Crippen LogP contribution in [0.25, 0.3) is 22.3 Å².